The SMILES string of the molecule is O=C(NCc1ccc(C(=O)N2CCN(c3ncccn3)CC2)cc1)c1ccccc1. The third-order valence-corrected chi connectivity index (χ3v) is 5.09. The van der Waals surface area contributed by atoms with E-state index in [0.29, 0.717) is 49.8 Å². The van der Waals surface area contributed by atoms with Crippen molar-refractivity contribution in [2.75, 3.05) is 31.1 Å². The molecule has 1 fully saturated rings. The summed E-state index contributed by atoms with van der Waals surface area (Å²) in [5.74, 6) is 0.603. The van der Waals surface area contributed by atoms with Crippen LogP contribution in [0.5, 0.6) is 0 Å². The Bertz CT molecular complexity index is 985. The van der Waals surface area contributed by atoms with Gasteiger partial charge in [0, 0.05) is 56.2 Å². The number of rotatable bonds is 5. The summed E-state index contributed by atoms with van der Waals surface area (Å²) in [7, 11) is 0. The van der Waals surface area contributed by atoms with E-state index in [2.05, 4.69) is 20.2 Å². The van der Waals surface area contributed by atoms with Gasteiger partial charge in [-0.1, -0.05) is 30.3 Å². The van der Waals surface area contributed by atoms with E-state index < -0.39 is 0 Å². The molecule has 1 N–H and O–H groups in total. The van der Waals surface area contributed by atoms with E-state index in [1.54, 1.807) is 30.6 Å². The molecule has 152 valence electrons. The van der Waals surface area contributed by atoms with Crippen LogP contribution in [-0.2, 0) is 6.54 Å². The third-order valence-electron chi connectivity index (χ3n) is 5.09. The first-order valence-corrected chi connectivity index (χ1v) is 9.94. The molecule has 1 aliphatic rings. The van der Waals surface area contributed by atoms with Crippen molar-refractivity contribution in [2.45, 2.75) is 6.54 Å². The van der Waals surface area contributed by atoms with E-state index >= 15 is 0 Å². The van der Waals surface area contributed by atoms with Gasteiger partial charge < -0.3 is 15.1 Å². The highest BCUT2D eigenvalue weighted by atomic mass is 16.2. The molecule has 7 nitrogen and oxygen atoms in total. The Hall–Kier alpha value is -3.74. The van der Waals surface area contributed by atoms with Crippen LogP contribution in [0, 0.1) is 0 Å². The molecule has 1 aliphatic heterocycles. The molecule has 2 aromatic carbocycles. The standard InChI is InChI=1S/C23H23N5O2/c29-21(19-5-2-1-3-6-19)26-17-18-7-9-20(10-8-18)22(30)27-13-15-28(16-14-27)23-24-11-4-12-25-23/h1-12H,13-17H2,(H,26,29). The number of carbonyl (C=O) groups is 2. The minimum atomic E-state index is -0.115. The van der Waals surface area contributed by atoms with Gasteiger partial charge in [-0.15, -0.1) is 0 Å². The Labute approximate surface area is 175 Å². The van der Waals surface area contributed by atoms with Crippen molar-refractivity contribution >= 4 is 17.8 Å². The van der Waals surface area contributed by atoms with Gasteiger partial charge >= 0.3 is 0 Å². The van der Waals surface area contributed by atoms with E-state index in [1.165, 1.54) is 0 Å². The molecule has 30 heavy (non-hydrogen) atoms. The Morgan fingerprint density at radius 2 is 1.47 bits per heavy atom. The Morgan fingerprint density at radius 1 is 0.800 bits per heavy atom. The van der Waals surface area contributed by atoms with Gasteiger partial charge in [0.1, 0.15) is 0 Å². The fraction of sp³-hybridized carbons (Fsp3) is 0.217. The lowest BCUT2D eigenvalue weighted by Gasteiger charge is -2.34. The Balaban J connectivity index is 1.30. The fourth-order valence-corrected chi connectivity index (χ4v) is 3.39. The van der Waals surface area contributed by atoms with Crippen LogP contribution in [0.2, 0.25) is 0 Å². The zero-order valence-corrected chi connectivity index (χ0v) is 16.6. The average molecular weight is 401 g/mol. The van der Waals surface area contributed by atoms with Crippen molar-refractivity contribution in [3.8, 4) is 0 Å². The van der Waals surface area contributed by atoms with Gasteiger partial charge in [0.25, 0.3) is 11.8 Å². The van der Waals surface area contributed by atoms with Crippen molar-refractivity contribution in [3.63, 3.8) is 0 Å². The highest BCUT2D eigenvalue weighted by Gasteiger charge is 2.23. The molecule has 7 heteroatoms. The van der Waals surface area contributed by atoms with E-state index in [-0.39, 0.29) is 11.8 Å². The number of benzene rings is 2. The van der Waals surface area contributed by atoms with Gasteiger partial charge in [-0.3, -0.25) is 9.59 Å². The van der Waals surface area contributed by atoms with Gasteiger partial charge in [-0.05, 0) is 35.9 Å². The summed E-state index contributed by atoms with van der Waals surface area (Å²) >= 11 is 0. The molecule has 4 rings (SSSR count). The second-order valence-electron chi connectivity index (χ2n) is 7.07. The smallest absolute Gasteiger partial charge is 0.253 e. The second-order valence-corrected chi connectivity index (χ2v) is 7.07. The van der Waals surface area contributed by atoms with Crippen molar-refractivity contribution in [3.05, 3.63) is 89.7 Å². The molecule has 1 saturated heterocycles. The van der Waals surface area contributed by atoms with Crippen LogP contribution >= 0.6 is 0 Å². The molecule has 2 heterocycles. The fourth-order valence-electron chi connectivity index (χ4n) is 3.39. The van der Waals surface area contributed by atoms with E-state index in [0.717, 1.165) is 5.56 Å². The van der Waals surface area contributed by atoms with Crippen LogP contribution in [0.25, 0.3) is 0 Å². The van der Waals surface area contributed by atoms with E-state index in [4.69, 9.17) is 0 Å². The van der Waals surface area contributed by atoms with Crippen LogP contribution in [0.15, 0.2) is 73.1 Å². The maximum atomic E-state index is 12.8. The summed E-state index contributed by atoms with van der Waals surface area (Å²) in [5, 5.41) is 2.90. The second kappa shape index (κ2) is 9.17. The molecule has 0 aliphatic carbocycles. The van der Waals surface area contributed by atoms with Gasteiger partial charge in [0.2, 0.25) is 5.95 Å². The van der Waals surface area contributed by atoms with Crippen molar-refractivity contribution in [2.24, 2.45) is 0 Å². The first kappa shape index (κ1) is 19.6. The lowest BCUT2D eigenvalue weighted by atomic mass is 10.1. The van der Waals surface area contributed by atoms with Gasteiger partial charge in [0.05, 0.1) is 0 Å². The van der Waals surface area contributed by atoms with Gasteiger partial charge in [0.15, 0.2) is 0 Å². The molecule has 0 atom stereocenters. The number of hydrogen-bond acceptors (Lipinski definition) is 5. The molecule has 2 amide bonds. The first-order valence-electron chi connectivity index (χ1n) is 9.94. The van der Waals surface area contributed by atoms with Crippen molar-refractivity contribution in [1.82, 2.24) is 20.2 Å². The molecule has 0 bridgehead atoms. The van der Waals surface area contributed by atoms with Gasteiger partial charge in [-0.25, -0.2) is 9.97 Å². The van der Waals surface area contributed by atoms with Crippen molar-refractivity contribution in [1.29, 1.82) is 0 Å². The predicted molar refractivity (Wildman–Crippen MR) is 114 cm³/mol. The number of piperazine rings is 1. The minimum Gasteiger partial charge on any atom is -0.348 e. The Morgan fingerprint density at radius 3 is 2.13 bits per heavy atom. The van der Waals surface area contributed by atoms with Crippen LogP contribution in [0.1, 0.15) is 26.3 Å². The first-order chi connectivity index (χ1) is 14.7. The van der Waals surface area contributed by atoms with Gasteiger partial charge in [-0.2, -0.15) is 0 Å². The molecule has 0 spiro atoms. The van der Waals surface area contributed by atoms with Crippen molar-refractivity contribution < 1.29 is 9.59 Å². The highest BCUT2D eigenvalue weighted by molar-refractivity contribution is 5.95. The summed E-state index contributed by atoms with van der Waals surface area (Å²) in [6.07, 6.45) is 3.45. The predicted octanol–water partition coefficient (Wildman–Crippen LogP) is 2.37. The number of nitrogens with one attached hydrogen (secondary N) is 1. The number of hydrogen-bond donors (Lipinski definition) is 1. The summed E-state index contributed by atoms with van der Waals surface area (Å²) in [4.78, 5) is 37.4. The quantitative estimate of drug-likeness (QED) is 0.710. The molecule has 0 saturated carbocycles. The molecular formula is C23H23N5O2. The number of anilines is 1. The zero-order chi connectivity index (χ0) is 20.8. The normalized spacial score (nSPS) is 13.7. The number of carbonyl (C=O) groups excluding carboxylic acids is 2. The largest absolute Gasteiger partial charge is 0.348 e. The monoisotopic (exact) mass is 401 g/mol. The molecular weight excluding hydrogens is 378 g/mol. The van der Waals surface area contributed by atoms with E-state index in [1.807, 2.05) is 47.4 Å². The summed E-state index contributed by atoms with van der Waals surface area (Å²) in [6, 6.07) is 18.3. The molecule has 1 aromatic heterocycles. The summed E-state index contributed by atoms with van der Waals surface area (Å²) in [5.41, 5.74) is 2.23. The number of nitrogens with zero attached hydrogens (tertiary/aromatic N) is 4. The van der Waals surface area contributed by atoms with Crippen LogP contribution in [0.4, 0.5) is 5.95 Å². The zero-order valence-electron chi connectivity index (χ0n) is 16.6. The molecule has 0 unspecified atom stereocenters. The van der Waals surface area contributed by atoms with Crippen LogP contribution in [0.3, 0.4) is 0 Å². The minimum absolute atomic E-state index is 0.0171. The van der Waals surface area contributed by atoms with Crippen LogP contribution in [-0.4, -0.2) is 52.9 Å². The maximum Gasteiger partial charge on any atom is 0.253 e. The number of aromatic nitrogens is 2. The molecule has 3 aromatic rings. The average Bonchev–Trinajstić information content (AvgIpc) is 2.83. The summed E-state index contributed by atoms with van der Waals surface area (Å²) < 4.78 is 0. The summed E-state index contributed by atoms with van der Waals surface area (Å²) in [6.45, 7) is 3.09. The highest BCUT2D eigenvalue weighted by Crippen LogP contribution is 2.13. The lowest BCUT2D eigenvalue weighted by Crippen LogP contribution is -2.49. The molecule has 0 radical (unpaired) electrons. The van der Waals surface area contributed by atoms with Crippen LogP contribution < -0.4 is 10.2 Å². The maximum absolute atomic E-state index is 12.8. The number of amides is 2. The topological polar surface area (TPSA) is 78.4 Å². The van der Waals surface area contributed by atoms with E-state index in [9.17, 15) is 9.59 Å². The third kappa shape index (κ3) is 4.63. The Kier molecular flexibility index (Phi) is 5.98. The lowest BCUT2D eigenvalue weighted by molar-refractivity contribution is 0.0746.